The zero-order chi connectivity index (χ0) is 10.6. The minimum absolute atomic E-state index is 0.177. The number of benzene rings is 1. The summed E-state index contributed by atoms with van der Waals surface area (Å²) in [6.45, 7) is 0. The van der Waals surface area contributed by atoms with E-state index in [0.29, 0.717) is 11.8 Å². The van der Waals surface area contributed by atoms with Gasteiger partial charge in [0.05, 0.1) is 16.0 Å². The lowest BCUT2D eigenvalue weighted by Gasteiger charge is -2.07. The van der Waals surface area contributed by atoms with E-state index in [1.54, 1.807) is 7.11 Å². The molecular weight excluding hydrogens is 359 g/mol. The fourth-order valence-corrected chi connectivity index (χ4v) is 2.08. The van der Waals surface area contributed by atoms with Gasteiger partial charge in [-0.15, -0.1) is 0 Å². The first kappa shape index (κ1) is 12.0. The van der Waals surface area contributed by atoms with E-state index in [4.69, 9.17) is 4.74 Å². The van der Waals surface area contributed by atoms with Crippen LogP contribution in [0.2, 0.25) is 0 Å². The quantitative estimate of drug-likeness (QED) is 0.603. The molecule has 14 heavy (non-hydrogen) atoms. The molecule has 0 aromatic heterocycles. The van der Waals surface area contributed by atoms with E-state index < -0.39 is 0 Å². The number of ketones is 1. The summed E-state index contributed by atoms with van der Waals surface area (Å²) < 4.78 is 6.19. The van der Waals surface area contributed by atoms with Crippen molar-refractivity contribution in [2.75, 3.05) is 12.4 Å². The van der Waals surface area contributed by atoms with Crippen LogP contribution in [-0.4, -0.2) is 18.2 Å². The number of Topliss-reactive ketones (excluding diaryl/α,β-unsaturated/α-hetero) is 1. The number of halogens is 2. The lowest BCUT2D eigenvalue weighted by Crippen LogP contribution is -2.05. The van der Waals surface area contributed by atoms with Crippen LogP contribution in [0.15, 0.2) is 18.2 Å². The van der Waals surface area contributed by atoms with Gasteiger partial charge in [-0.25, -0.2) is 0 Å². The smallest absolute Gasteiger partial charge is 0.147 e. The summed E-state index contributed by atoms with van der Waals surface area (Å²) in [7, 11) is 1.63. The number of carbonyl (C=O) groups is 1. The molecule has 76 valence electrons. The van der Waals surface area contributed by atoms with Gasteiger partial charge in [-0.2, -0.15) is 0 Å². The van der Waals surface area contributed by atoms with Crippen molar-refractivity contribution >= 4 is 44.3 Å². The Hall–Kier alpha value is -0.100. The van der Waals surface area contributed by atoms with Crippen molar-refractivity contribution in [3.8, 4) is 5.75 Å². The molecule has 0 radical (unpaired) electrons. The molecule has 1 aromatic carbocycles. The fraction of sp³-hybridized carbons (Fsp3) is 0.300. The van der Waals surface area contributed by atoms with Crippen molar-refractivity contribution in [2.45, 2.75) is 6.42 Å². The zero-order valence-electron chi connectivity index (χ0n) is 7.72. The van der Waals surface area contributed by atoms with Crippen molar-refractivity contribution in [3.05, 3.63) is 27.3 Å². The highest BCUT2D eigenvalue weighted by Crippen LogP contribution is 2.24. The molecule has 0 N–H and O–H groups in total. The molecule has 0 fully saturated rings. The SMILES string of the molecule is COc1cccc(CC(=O)CBr)c1I. The summed E-state index contributed by atoms with van der Waals surface area (Å²) in [4.78, 5) is 11.2. The van der Waals surface area contributed by atoms with Crippen LogP contribution in [0, 0.1) is 3.57 Å². The van der Waals surface area contributed by atoms with E-state index in [0.717, 1.165) is 14.9 Å². The molecule has 0 heterocycles. The van der Waals surface area contributed by atoms with Crippen molar-refractivity contribution in [1.29, 1.82) is 0 Å². The number of rotatable bonds is 4. The Bertz CT molecular complexity index is 339. The molecule has 0 saturated heterocycles. The van der Waals surface area contributed by atoms with Gasteiger partial charge in [-0.05, 0) is 34.2 Å². The van der Waals surface area contributed by atoms with Gasteiger partial charge < -0.3 is 4.74 Å². The molecule has 0 atom stereocenters. The molecule has 0 aliphatic carbocycles. The average Bonchev–Trinajstić information content (AvgIpc) is 2.21. The highest BCUT2D eigenvalue weighted by molar-refractivity contribution is 14.1. The Balaban J connectivity index is 2.92. The van der Waals surface area contributed by atoms with E-state index in [2.05, 4.69) is 38.5 Å². The minimum Gasteiger partial charge on any atom is -0.496 e. The van der Waals surface area contributed by atoms with E-state index in [9.17, 15) is 4.79 Å². The molecule has 0 bridgehead atoms. The zero-order valence-corrected chi connectivity index (χ0v) is 11.5. The first-order chi connectivity index (χ1) is 6.69. The fourth-order valence-electron chi connectivity index (χ4n) is 1.11. The Morgan fingerprint density at radius 2 is 2.29 bits per heavy atom. The standard InChI is InChI=1S/C10H10BrIO2/c1-14-9-4-2-3-7(10(9)12)5-8(13)6-11/h2-4H,5-6H2,1H3. The number of carbonyl (C=O) groups excluding carboxylic acids is 1. The number of methoxy groups -OCH3 is 1. The maximum Gasteiger partial charge on any atom is 0.147 e. The molecule has 2 nitrogen and oxygen atoms in total. The second-order valence-electron chi connectivity index (χ2n) is 2.78. The molecule has 0 saturated carbocycles. The van der Waals surface area contributed by atoms with E-state index in [-0.39, 0.29) is 5.78 Å². The Morgan fingerprint density at radius 1 is 1.57 bits per heavy atom. The van der Waals surface area contributed by atoms with Crippen LogP contribution in [-0.2, 0) is 11.2 Å². The number of ether oxygens (including phenoxy) is 1. The predicted octanol–water partition coefficient (Wildman–Crippen LogP) is 2.81. The molecule has 0 spiro atoms. The van der Waals surface area contributed by atoms with Crippen molar-refractivity contribution < 1.29 is 9.53 Å². The van der Waals surface area contributed by atoms with Gasteiger partial charge in [0.15, 0.2) is 0 Å². The van der Waals surface area contributed by atoms with Gasteiger partial charge in [0, 0.05) is 6.42 Å². The number of hydrogen-bond donors (Lipinski definition) is 0. The monoisotopic (exact) mass is 368 g/mol. The Labute approximate surface area is 105 Å². The van der Waals surface area contributed by atoms with Crippen molar-refractivity contribution in [2.24, 2.45) is 0 Å². The van der Waals surface area contributed by atoms with Crippen LogP contribution in [0.4, 0.5) is 0 Å². The number of alkyl halides is 1. The molecule has 1 rings (SSSR count). The maximum atomic E-state index is 11.2. The van der Waals surface area contributed by atoms with Gasteiger partial charge >= 0.3 is 0 Å². The van der Waals surface area contributed by atoms with Crippen molar-refractivity contribution in [1.82, 2.24) is 0 Å². The second kappa shape index (κ2) is 5.70. The maximum absolute atomic E-state index is 11.2. The van der Waals surface area contributed by atoms with Crippen LogP contribution in [0.3, 0.4) is 0 Å². The largest absolute Gasteiger partial charge is 0.496 e. The lowest BCUT2D eigenvalue weighted by molar-refractivity contribution is -0.115. The topological polar surface area (TPSA) is 26.3 Å². The molecule has 1 aromatic rings. The van der Waals surface area contributed by atoms with Gasteiger partial charge in [-0.3, -0.25) is 4.79 Å². The molecular formula is C10H10BrIO2. The third-order valence-electron chi connectivity index (χ3n) is 1.80. The van der Waals surface area contributed by atoms with Gasteiger partial charge in [0.2, 0.25) is 0 Å². The molecule has 0 unspecified atom stereocenters. The normalized spacial score (nSPS) is 9.93. The summed E-state index contributed by atoms with van der Waals surface area (Å²) >= 11 is 5.35. The third-order valence-corrected chi connectivity index (χ3v) is 3.65. The molecule has 0 aliphatic heterocycles. The first-order valence-electron chi connectivity index (χ1n) is 4.08. The van der Waals surface area contributed by atoms with Crippen LogP contribution >= 0.6 is 38.5 Å². The minimum atomic E-state index is 0.177. The van der Waals surface area contributed by atoms with Crippen LogP contribution in [0.5, 0.6) is 5.75 Å². The van der Waals surface area contributed by atoms with E-state index in [1.165, 1.54) is 0 Å². The van der Waals surface area contributed by atoms with Crippen molar-refractivity contribution in [3.63, 3.8) is 0 Å². The van der Waals surface area contributed by atoms with Gasteiger partial charge in [0.1, 0.15) is 11.5 Å². The van der Waals surface area contributed by atoms with Gasteiger partial charge in [0.25, 0.3) is 0 Å². The highest BCUT2D eigenvalue weighted by atomic mass is 127. The summed E-state index contributed by atoms with van der Waals surface area (Å²) in [5.74, 6) is 1.00. The second-order valence-corrected chi connectivity index (χ2v) is 4.42. The Kier molecular flexibility index (Phi) is 4.88. The summed E-state index contributed by atoms with van der Waals surface area (Å²) in [5, 5.41) is 0.403. The Morgan fingerprint density at radius 3 is 2.86 bits per heavy atom. The van der Waals surface area contributed by atoms with Crippen LogP contribution in [0.1, 0.15) is 5.56 Å². The first-order valence-corrected chi connectivity index (χ1v) is 6.28. The molecule has 0 amide bonds. The highest BCUT2D eigenvalue weighted by Gasteiger charge is 2.08. The summed E-state index contributed by atoms with van der Waals surface area (Å²) in [6.07, 6.45) is 0.459. The van der Waals surface area contributed by atoms with Crippen LogP contribution < -0.4 is 4.74 Å². The van der Waals surface area contributed by atoms with Gasteiger partial charge in [-0.1, -0.05) is 28.1 Å². The lowest BCUT2D eigenvalue weighted by atomic mass is 10.1. The third kappa shape index (κ3) is 2.95. The van der Waals surface area contributed by atoms with Crippen LogP contribution in [0.25, 0.3) is 0 Å². The molecule has 4 heteroatoms. The summed E-state index contributed by atoms with van der Waals surface area (Å²) in [6, 6.07) is 5.74. The molecule has 0 aliphatic rings. The summed E-state index contributed by atoms with van der Waals surface area (Å²) in [5.41, 5.74) is 1.02. The average molecular weight is 369 g/mol. The predicted molar refractivity (Wildman–Crippen MR) is 68.2 cm³/mol. The van der Waals surface area contributed by atoms with E-state index in [1.807, 2.05) is 18.2 Å². The van der Waals surface area contributed by atoms with E-state index >= 15 is 0 Å². The number of hydrogen-bond acceptors (Lipinski definition) is 2.